The van der Waals surface area contributed by atoms with Crippen LogP contribution in [0.15, 0.2) is 5.11 Å². The summed E-state index contributed by atoms with van der Waals surface area (Å²) < 4.78 is 21.1. The van der Waals surface area contributed by atoms with Gasteiger partial charge in [-0.25, -0.2) is 0 Å². The molecule has 214 valence electrons. The van der Waals surface area contributed by atoms with Crippen molar-refractivity contribution in [2.75, 3.05) is 19.8 Å². The maximum absolute atomic E-state index is 12.1. The second-order valence-corrected chi connectivity index (χ2v) is 9.21. The number of aliphatic hydroxyl groups is 7. The largest absolute Gasteiger partial charge is 0.463 e. The molecule has 2 rings (SSSR count). The van der Waals surface area contributed by atoms with E-state index in [-0.39, 0.29) is 6.42 Å². The first-order valence-electron chi connectivity index (χ1n) is 12.5. The number of rotatable bonds is 15. The van der Waals surface area contributed by atoms with E-state index < -0.39 is 80.6 Å². The fraction of sp³-hybridized carbons (Fsp3) is 0.955. The Hall–Kier alpha value is -1.62. The van der Waals surface area contributed by atoms with Gasteiger partial charge in [-0.2, -0.15) is 0 Å². The first-order chi connectivity index (χ1) is 17.7. The zero-order chi connectivity index (χ0) is 27.4. The van der Waals surface area contributed by atoms with Crippen LogP contribution in [0.5, 0.6) is 0 Å². The molecule has 2 saturated heterocycles. The Labute approximate surface area is 214 Å². The fourth-order valence-corrected chi connectivity index (χ4v) is 4.11. The number of hydrogen-bond donors (Lipinski definition) is 7. The molecule has 2 heterocycles. The lowest BCUT2D eigenvalue weighted by Crippen LogP contribution is -2.63. The maximum atomic E-state index is 12.1. The van der Waals surface area contributed by atoms with Crippen molar-refractivity contribution in [3.05, 3.63) is 10.4 Å². The van der Waals surface area contributed by atoms with Crippen LogP contribution in [-0.2, 0) is 23.7 Å². The average Bonchev–Trinajstić information content (AvgIpc) is 2.89. The highest BCUT2D eigenvalue weighted by Gasteiger charge is 2.49. The van der Waals surface area contributed by atoms with E-state index in [9.17, 15) is 40.5 Å². The first kappa shape index (κ1) is 31.6. The van der Waals surface area contributed by atoms with Gasteiger partial charge in [0.25, 0.3) is 0 Å². The number of aliphatic hydroxyl groups excluding tert-OH is 7. The minimum atomic E-state index is -1.78. The SMILES string of the molecule is [N-]=[N+]=NCCCCCCCCCC(=O)OCC1O[C@H](O[C@H]2OC(CO)[C@@H](O)C(O)C2O)C(O)C(O)[C@H]1O. The number of hydrogen-bond acceptors (Lipinski definition) is 13. The number of nitrogens with zero attached hydrogens (tertiary/aromatic N) is 3. The smallest absolute Gasteiger partial charge is 0.305 e. The molecule has 2 fully saturated rings. The predicted octanol–water partition coefficient (Wildman–Crippen LogP) is -1.42. The van der Waals surface area contributed by atoms with Gasteiger partial charge in [0.15, 0.2) is 12.6 Å². The van der Waals surface area contributed by atoms with Crippen molar-refractivity contribution in [2.24, 2.45) is 5.11 Å². The molecule has 0 spiro atoms. The van der Waals surface area contributed by atoms with Gasteiger partial charge in [0.05, 0.1) is 6.61 Å². The van der Waals surface area contributed by atoms with Crippen molar-refractivity contribution < 1.29 is 59.5 Å². The van der Waals surface area contributed by atoms with Crippen molar-refractivity contribution in [2.45, 2.75) is 113 Å². The van der Waals surface area contributed by atoms with Crippen LogP contribution in [0.25, 0.3) is 10.4 Å². The van der Waals surface area contributed by atoms with Gasteiger partial charge in [-0.15, -0.1) is 0 Å². The standard InChI is InChI=1S/C22H39N3O12/c23-25-24-9-7-5-3-1-2-4-6-8-14(27)34-11-13-16(29)18(31)20(33)22(36-13)37-21-19(32)17(30)15(28)12(10-26)35-21/h12-13,15-22,26,28-33H,1-11H2/t12?,13?,15-,16+,17?,18?,19?,20?,21-,22-/m1/s1. The molecule has 0 aromatic rings. The maximum Gasteiger partial charge on any atom is 0.305 e. The number of ether oxygens (including phenoxy) is 4. The second-order valence-electron chi connectivity index (χ2n) is 9.21. The Morgan fingerprint density at radius 2 is 1.27 bits per heavy atom. The van der Waals surface area contributed by atoms with Crippen molar-refractivity contribution in [1.29, 1.82) is 0 Å². The molecule has 37 heavy (non-hydrogen) atoms. The summed E-state index contributed by atoms with van der Waals surface area (Å²) >= 11 is 0. The zero-order valence-corrected chi connectivity index (χ0v) is 20.6. The molecule has 2 aliphatic heterocycles. The Morgan fingerprint density at radius 1 is 0.757 bits per heavy atom. The van der Waals surface area contributed by atoms with E-state index in [1.54, 1.807) is 0 Å². The minimum absolute atomic E-state index is 0.148. The lowest BCUT2D eigenvalue weighted by Gasteiger charge is -2.44. The summed E-state index contributed by atoms with van der Waals surface area (Å²) in [5.41, 5.74) is 8.21. The summed E-state index contributed by atoms with van der Waals surface area (Å²) in [5, 5.41) is 73.3. The van der Waals surface area contributed by atoms with Gasteiger partial charge in [-0.05, 0) is 18.4 Å². The van der Waals surface area contributed by atoms with Gasteiger partial charge in [0.2, 0.25) is 0 Å². The van der Waals surface area contributed by atoms with E-state index in [1.165, 1.54) is 0 Å². The van der Waals surface area contributed by atoms with Crippen molar-refractivity contribution in [3.63, 3.8) is 0 Å². The Morgan fingerprint density at radius 3 is 1.84 bits per heavy atom. The van der Waals surface area contributed by atoms with Crippen LogP contribution in [0, 0.1) is 0 Å². The molecule has 0 aliphatic carbocycles. The van der Waals surface area contributed by atoms with Crippen LogP contribution in [0.2, 0.25) is 0 Å². The third-order valence-corrected chi connectivity index (χ3v) is 6.40. The average molecular weight is 538 g/mol. The molecule has 0 aromatic carbocycles. The van der Waals surface area contributed by atoms with Crippen LogP contribution < -0.4 is 0 Å². The number of carbonyl (C=O) groups is 1. The van der Waals surface area contributed by atoms with Gasteiger partial charge in [-0.1, -0.05) is 37.2 Å². The van der Waals surface area contributed by atoms with E-state index in [0.29, 0.717) is 13.0 Å². The Bertz CT molecular complexity index is 725. The van der Waals surface area contributed by atoms with Crippen LogP contribution in [-0.4, -0.2) is 123 Å². The number of unbranched alkanes of at least 4 members (excludes halogenated alkanes) is 6. The van der Waals surface area contributed by atoms with Gasteiger partial charge < -0.3 is 54.7 Å². The summed E-state index contributed by atoms with van der Waals surface area (Å²) in [5.74, 6) is -0.530. The van der Waals surface area contributed by atoms with E-state index in [2.05, 4.69) is 10.0 Å². The summed E-state index contributed by atoms with van der Waals surface area (Å²) in [7, 11) is 0. The molecule has 0 amide bonds. The summed E-state index contributed by atoms with van der Waals surface area (Å²) in [6, 6.07) is 0. The molecule has 15 heteroatoms. The van der Waals surface area contributed by atoms with Crippen molar-refractivity contribution in [1.82, 2.24) is 0 Å². The van der Waals surface area contributed by atoms with E-state index in [0.717, 1.165) is 38.5 Å². The van der Waals surface area contributed by atoms with Gasteiger partial charge in [0.1, 0.15) is 55.4 Å². The molecule has 7 N–H and O–H groups in total. The van der Waals surface area contributed by atoms with Crippen molar-refractivity contribution >= 4 is 5.97 Å². The Kier molecular flexibility index (Phi) is 14.0. The molecule has 0 radical (unpaired) electrons. The highest BCUT2D eigenvalue weighted by Crippen LogP contribution is 2.28. The third kappa shape index (κ3) is 9.57. The van der Waals surface area contributed by atoms with E-state index >= 15 is 0 Å². The monoisotopic (exact) mass is 537 g/mol. The number of esters is 1. The van der Waals surface area contributed by atoms with E-state index in [4.69, 9.17) is 24.5 Å². The minimum Gasteiger partial charge on any atom is -0.463 e. The molecule has 0 aromatic heterocycles. The number of azide groups is 1. The molecular formula is C22H39N3O12. The molecule has 10 atom stereocenters. The van der Waals surface area contributed by atoms with Crippen LogP contribution in [0.1, 0.15) is 51.4 Å². The van der Waals surface area contributed by atoms with Crippen molar-refractivity contribution in [3.8, 4) is 0 Å². The summed E-state index contributed by atoms with van der Waals surface area (Å²) in [6.45, 7) is -0.639. The third-order valence-electron chi connectivity index (χ3n) is 6.40. The lowest BCUT2D eigenvalue weighted by molar-refractivity contribution is -0.376. The molecule has 15 nitrogen and oxygen atoms in total. The summed E-state index contributed by atoms with van der Waals surface area (Å²) in [6.07, 6.45) is -9.73. The fourth-order valence-electron chi connectivity index (χ4n) is 4.11. The van der Waals surface area contributed by atoms with Gasteiger partial charge >= 0.3 is 5.97 Å². The Balaban J connectivity index is 1.74. The molecular weight excluding hydrogens is 498 g/mol. The lowest BCUT2D eigenvalue weighted by atomic mass is 9.98. The van der Waals surface area contributed by atoms with E-state index in [1.807, 2.05) is 0 Å². The van der Waals surface area contributed by atoms with Crippen LogP contribution in [0.4, 0.5) is 0 Å². The highest BCUT2D eigenvalue weighted by molar-refractivity contribution is 5.69. The normalized spacial score (nSPS) is 36.1. The predicted molar refractivity (Wildman–Crippen MR) is 123 cm³/mol. The van der Waals surface area contributed by atoms with Crippen LogP contribution in [0.3, 0.4) is 0 Å². The molecule has 6 unspecified atom stereocenters. The van der Waals surface area contributed by atoms with Crippen LogP contribution >= 0.6 is 0 Å². The van der Waals surface area contributed by atoms with Gasteiger partial charge in [-0.3, -0.25) is 4.79 Å². The topological polar surface area (TPSA) is 244 Å². The number of carbonyl (C=O) groups excluding carboxylic acids is 1. The summed E-state index contributed by atoms with van der Waals surface area (Å²) in [4.78, 5) is 14.8. The zero-order valence-electron chi connectivity index (χ0n) is 20.6. The highest BCUT2D eigenvalue weighted by atomic mass is 16.8. The second kappa shape index (κ2) is 16.4. The first-order valence-corrected chi connectivity index (χ1v) is 12.5. The molecule has 0 saturated carbocycles. The van der Waals surface area contributed by atoms with Gasteiger partial charge in [0, 0.05) is 17.9 Å². The molecule has 0 bridgehead atoms. The quantitative estimate of drug-likeness (QED) is 0.0418. The molecule has 2 aliphatic rings.